The van der Waals surface area contributed by atoms with Gasteiger partial charge in [-0.3, -0.25) is 0 Å². The molecule has 0 atom stereocenters. The Morgan fingerprint density at radius 1 is 1.24 bits per heavy atom. The summed E-state index contributed by atoms with van der Waals surface area (Å²) in [5, 5.41) is 3.24. The highest BCUT2D eigenvalue weighted by Gasteiger charge is 2.40. The van der Waals surface area contributed by atoms with Crippen LogP contribution in [0.1, 0.15) is 37.4 Å². The van der Waals surface area contributed by atoms with Gasteiger partial charge in [-0.05, 0) is 64.5 Å². The number of nitrogens with zero attached hydrogens (tertiary/aromatic N) is 3. The molecule has 1 N–H and O–H groups in total. The van der Waals surface area contributed by atoms with Gasteiger partial charge in [0.15, 0.2) is 0 Å². The van der Waals surface area contributed by atoms with Crippen molar-refractivity contribution in [3.63, 3.8) is 0 Å². The summed E-state index contributed by atoms with van der Waals surface area (Å²) in [6.07, 6.45) is 4.92. The average Bonchev–Trinajstić information content (AvgIpc) is 2.42. The summed E-state index contributed by atoms with van der Waals surface area (Å²) in [6, 6.07) is 4.43. The summed E-state index contributed by atoms with van der Waals surface area (Å²) >= 11 is 0. The van der Waals surface area contributed by atoms with E-state index in [0.29, 0.717) is 5.54 Å². The van der Waals surface area contributed by atoms with E-state index in [2.05, 4.69) is 55.3 Å². The van der Waals surface area contributed by atoms with Gasteiger partial charge in [-0.25, -0.2) is 4.98 Å². The second-order valence-corrected chi connectivity index (χ2v) is 6.54. The predicted molar refractivity (Wildman–Crippen MR) is 89.9 cm³/mol. The first kappa shape index (κ1) is 16.2. The van der Waals surface area contributed by atoms with Gasteiger partial charge in [-0.1, -0.05) is 6.92 Å². The minimum absolute atomic E-state index is 0.335. The van der Waals surface area contributed by atoms with Crippen LogP contribution >= 0.6 is 0 Å². The van der Waals surface area contributed by atoms with Crippen LogP contribution in [0.15, 0.2) is 12.1 Å². The van der Waals surface area contributed by atoms with Gasteiger partial charge in [-0.15, -0.1) is 0 Å². The molecule has 4 nitrogen and oxygen atoms in total. The maximum atomic E-state index is 4.82. The predicted octanol–water partition coefficient (Wildman–Crippen LogP) is 2.28. The number of nitrogens with one attached hydrogen (secondary N) is 1. The molecule has 0 aromatic carbocycles. The molecule has 1 saturated carbocycles. The molecule has 1 aliphatic rings. The summed E-state index contributed by atoms with van der Waals surface area (Å²) in [5.41, 5.74) is 2.83. The SMILES string of the molecule is CCc1cc(CNC)cc(N(C)CC2(N(C)C)CCC2)n1. The minimum atomic E-state index is 0.335. The van der Waals surface area contributed by atoms with Crippen molar-refractivity contribution in [2.24, 2.45) is 0 Å². The third-order valence-corrected chi connectivity index (χ3v) is 4.82. The average molecular weight is 290 g/mol. The van der Waals surface area contributed by atoms with E-state index in [-0.39, 0.29) is 0 Å². The molecule has 1 fully saturated rings. The van der Waals surface area contributed by atoms with Gasteiger partial charge in [0, 0.05) is 31.4 Å². The summed E-state index contributed by atoms with van der Waals surface area (Å²) in [4.78, 5) is 9.54. The molecule has 1 heterocycles. The van der Waals surface area contributed by atoms with Crippen LogP contribution < -0.4 is 10.2 Å². The molecule has 1 aromatic heterocycles. The Bertz CT molecular complexity index is 466. The first-order valence-electron chi connectivity index (χ1n) is 8.04. The van der Waals surface area contributed by atoms with E-state index in [0.717, 1.165) is 25.3 Å². The molecule has 0 aliphatic heterocycles. The van der Waals surface area contributed by atoms with Gasteiger partial charge >= 0.3 is 0 Å². The smallest absolute Gasteiger partial charge is 0.128 e. The topological polar surface area (TPSA) is 31.4 Å². The summed E-state index contributed by atoms with van der Waals surface area (Å²) < 4.78 is 0. The van der Waals surface area contributed by atoms with E-state index >= 15 is 0 Å². The fourth-order valence-electron chi connectivity index (χ4n) is 3.17. The van der Waals surface area contributed by atoms with E-state index in [1.807, 2.05) is 7.05 Å². The summed E-state index contributed by atoms with van der Waals surface area (Å²) in [5.74, 6) is 1.10. The van der Waals surface area contributed by atoms with Crippen LogP contribution in [0.25, 0.3) is 0 Å². The van der Waals surface area contributed by atoms with Crippen molar-refractivity contribution in [3.8, 4) is 0 Å². The number of hydrogen-bond acceptors (Lipinski definition) is 4. The zero-order chi connectivity index (χ0) is 15.5. The molecule has 118 valence electrons. The van der Waals surface area contributed by atoms with Crippen LogP contribution in [0, 0.1) is 0 Å². The fraction of sp³-hybridized carbons (Fsp3) is 0.706. The second-order valence-electron chi connectivity index (χ2n) is 6.54. The van der Waals surface area contributed by atoms with E-state index in [1.54, 1.807) is 0 Å². The third kappa shape index (κ3) is 3.55. The number of aryl methyl sites for hydroxylation is 1. The lowest BCUT2D eigenvalue weighted by atomic mass is 9.75. The quantitative estimate of drug-likeness (QED) is 0.835. The monoisotopic (exact) mass is 290 g/mol. The molecule has 0 amide bonds. The van der Waals surface area contributed by atoms with Crippen molar-refractivity contribution in [1.82, 2.24) is 15.2 Å². The van der Waals surface area contributed by atoms with E-state index in [4.69, 9.17) is 4.98 Å². The molecule has 0 saturated heterocycles. The van der Waals surface area contributed by atoms with Crippen LogP contribution in [0.2, 0.25) is 0 Å². The van der Waals surface area contributed by atoms with Crippen LogP contribution in [0.3, 0.4) is 0 Å². The lowest BCUT2D eigenvalue weighted by Gasteiger charge is -2.49. The van der Waals surface area contributed by atoms with Crippen molar-refractivity contribution in [1.29, 1.82) is 0 Å². The first-order chi connectivity index (χ1) is 10.0. The minimum Gasteiger partial charge on any atom is -0.358 e. The Hall–Kier alpha value is -1.13. The van der Waals surface area contributed by atoms with Crippen molar-refractivity contribution < 1.29 is 0 Å². The van der Waals surface area contributed by atoms with Gasteiger partial charge in [0.1, 0.15) is 5.82 Å². The number of aromatic nitrogens is 1. The highest BCUT2D eigenvalue weighted by Crippen LogP contribution is 2.37. The Labute approximate surface area is 129 Å². The van der Waals surface area contributed by atoms with Crippen LogP contribution in [-0.4, -0.2) is 50.2 Å². The number of likely N-dealkylation sites (N-methyl/N-ethyl adjacent to an activating group) is 2. The lowest BCUT2D eigenvalue weighted by molar-refractivity contribution is 0.0681. The maximum absolute atomic E-state index is 4.82. The molecule has 0 unspecified atom stereocenters. The Kier molecular flexibility index (Phi) is 5.22. The molecule has 0 spiro atoms. The molecule has 1 aliphatic carbocycles. The Morgan fingerprint density at radius 2 is 1.95 bits per heavy atom. The number of rotatable bonds is 7. The normalized spacial score (nSPS) is 16.9. The molecule has 0 bridgehead atoms. The number of anilines is 1. The molecule has 0 radical (unpaired) electrons. The fourth-order valence-corrected chi connectivity index (χ4v) is 3.17. The van der Waals surface area contributed by atoms with Gasteiger partial charge in [0.05, 0.1) is 0 Å². The van der Waals surface area contributed by atoms with Crippen LogP contribution in [0.4, 0.5) is 5.82 Å². The largest absolute Gasteiger partial charge is 0.358 e. The molecule has 21 heavy (non-hydrogen) atoms. The lowest BCUT2D eigenvalue weighted by Crippen LogP contribution is -2.56. The maximum Gasteiger partial charge on any atom is 0.128 e. The highest BCUT2D eigenvalue weighted by atomic mass is 15.2. The van der Waals surface area contributed by atoms with Gasteiger partial charge in [0.2, 0.25) is 0 Å². The molecule has 1 aromatic rings. The van der Waals surface area contributed by atoms with Gasteiger partial charge < -0.3 is 15.1 Å². The van der Waals surface area contributed by atoms with E-state index < -0.39 is 0 Å². The van der Waals surface area contributed by atoms with Crippen molar-refractivity contribution in [3.05, 3.63) is 23.4 Å². The first-order valence-corrected chi connectivity index (χ1v) is 8.04. The highest BCUT2D eigenvalue weighted by molar-refractivity contribution is 5.43. The van der Waals surface area contributed by atoms with E-state index in [9.17, 15) is 0 Å². The second kappa shape index (κ2) is 6.75. The summed E-state index contributed by atoms with van der Waals surface area (Å²) in [7, 11) is 8.57. The van der Waals surface area contributed by atoms with E-state index in [1.165, 1.54) is 30.5 Å². The van der Waals surface area contributed by atoms with Crippen LogP contribution in [-0.2, 0) is 13.0 Å². The Balaban J connectivity index is 2.17. The van der Waals surface area contributed by atoms with Crippen LogP contribution in [0.5, 0.6) is 0 Å². The van der Waals surface area contributed by atoms with Crippen molar-refractivity contribution in [2.45, 2.75) is 44.7 Å². The molecule has 4 heteroatoms. The summed E-state index contributed by atoms with van der Waals surface area (Å²) in [6.45, 7) is 4.12. The van der Waals surface area contributed by atoms with Gasteiger partial charge in [0.25, 0.3) is 0 Å². The number of hydrogen-bond donors (Lipinski definition) is 1. The third-order valence-electron chi connectivity index (χ3n) is 4.82. The molecular weight excluding hydrogens is 260 g/mol. The van der Waals surface area contributed by atoms with Crippen molar-refractivity contribution in [2.75, 3.05) is 39.6 Å². The van der Waals surface area contributed by atoms with Gasteiger partial charge in [-0.2, -0.15) is 0 Å². The number of pyridine rings is 1. The zero-order valence-electron chi connectivity index (χ0n) is 14.2. The molecule has 2 rings (SSSR count). The zero-order valence-corrected chi connectivity index (χ0v) is 14.2. The van der Waals surface area contributed by atoms with Crippen molar-refractivity contribution >= 4 is 5.82 Å². The molecular formula is C17H30N4. The standard InChI is InChI=1S/C17H30N4/c1-6-15-10-14(12-18-2)11-16(19-15)21(5)13-17(20(3)4)8-7-9-17/h10-11,18H,6-9,12-13H2,1-5H3. The Morgan fingerprint density at radius 3 is 2.43 bits per heavy atom.